The van der Waals surface area contributed by atoms with Crippen molar-refractivity contribution in [2.24, 2.45) is 0 Å². The summed E-state index contributed by atoms with van der Waals surface area (Å²) in [6.45, 7) is 2.92. The van der Waals surface area contributed by atoms with Gasteiger partial charge in [0, 0.05) is 6.54 Å². The van der Waals surface area contributed by atoms with Crippen LogP contribution in [0.15, 0.2) is 0 Å². The molecule has 1 heterocycles. The first-order chi connectivity index (χ1) is 8.22. The molecular weight excluding hydrogens is 226 g/mol. The Bertz CT molecular complexity index is 256. The third-order valence-corrected chi connectivity index (χ3v) is 2.35. The summed E-state index contributed by atoms with van der Waals surface area (Å²) in [5.74, 6) is 0. The highest BCUT2D eigenvalue weighted by atomic mass is 16.8. The fourth-order valence-electron chi connectivity index (χ4n) is 1.41. The molecule has 1 unspecified atom stereocenters. The van der Waals surface area contributed by atoms with E-state index in [0.29, 0.717) is 6.54 Å². The van der Waals surface area contributed by atoms with Gasteiger partial charge >= 0.3 is 12.2 Å². The van der Waals surface area contributed by atoms with Crippen LogP contribution in [-0.4, -0.2) is 38.1 Å². The molecule has 1 saturated heterocycles. The van der Waals surface area contributed by atoms with Gasteiger partial charge in [0.1, 0.15) is 13.2 Å². The number of nitrogens with one attached hydrogen (secondary N) is 1. The molecule has 98 valence electrons. The molecule has 0 aromatic rings. The molecule has 1 fully saturated rings. The van der Waals surface area contributed by atoms with Crippen molar-refractivity contribution in [1.82, 2.24) is 5.32 Å². The molecule has 1 N–H and O–H groups in total. The van der Waals surface area contributed by atoms with Crippen LogP contribution >= 0.6 is 0 Å². The van der Waals surface area contributed by atoms with Crippen molar-refractivity contribution in [3.05, 3.63) is 0 Å². The molecule has 1 amide bonds. The third kappa shape index (κ3) is 5.99. The van der Waals surface area contributed by atoms with Crippen LogP contribution in [0.1, 0.15) is 32.6 Å². The minimum absolute atomic E-state index is 0.0343. The molecule has 0 spiro atoms. The summed E-state index contributed by atoms with van der Waals surface area (Å²) in [5.41, 5.74) is 0. The van der Waals surface area contributed by atoms with Crippen LogP contribution in [0.2, 0.25) is 0 Å². The zero-order valence-electron chi connectivity index (χ0n) is 10.1. The van der Waals surface area contributed by atoms with Gasteiger partial charge in [0.2, 0.25) is 0 Å². The molecule has 6 nitrogen and oxygen atoms in total. The van der Waals surface area contributed by atoms with Gasteiger partial charge in [-0.25, -0.2) is 9.59 Å². The monoisotopic (exact) mass is 245 g/mol. The molecule has 17 heavy (non-hydrogen) atoms. The van der Waals surface area contributed by atoms with Crippen LogP contribution in [-0.2, 0) is 14.2 Å². The summed E-state index contributed by atoms with van der Waals surface area (Å²) >= 11 is 0. The van der Waals surface area contributed by atoms with Gasteiger partial charge in [0.15, 0.2) is 6.10 Å². The average Bonchev–Trinajstić information content (AvgIpc) is 2.72. The molecule has 0 aromatic heterocycles. The number of ether oxygens (including phenoxy) is 3. The maximum absolute atomic E-state index is 11.2. The predicted molar refractivity (Wildman–Crippen MR) is 59.7 cm³/mol. The van der Waals surface area contributed by atoms with E-state index in [9.17, 15) is 9.59 Å². The zero-order valence-corrected chi connectivity index (χ0v) is 10.1. The Morgan fingerprint density at radius 3 is 2.94 bits per heavy atom. The highest BCUT2D eigenvalue weighted by Gasteiger charge is 2.26. The van der Waals surface area contributed by atoms with Gasteiger partial charge in [-0.2, -0.15) is 0 Å². The van der Waals surface area contributed by atoms with E-state index < -0.39 is 18.4 Å². The Morgan fingerprint density at radius 2 is 2.29 bits per heavy atom. The molecule has 0 aliphatic carbocycles. The quantitative estimate of drug-likeness (QED) is 0.547. The van der Waals surface area contributed by atoms with Gasteiger partial charge in [0.05, 0.1) is 0 Å². The van der Waals surface area contributed by atoms with Crippen LogP contribution in [0.3, 0.4) is 0 Å². The Kier molecular flexibility index (Phi) is 6.21. The highest BCUT2D eigenvalue weighted by Crippen LogP contribution is 2.06. The average molecular weight is 245 g/mol. The topological polar surface area (TPSA) is 73.9 Å². The summed E-state index contributed by atoms with van der Waals surface area (Å²) in [5, 5.41) is 2.63. The van der Waals surface area contributed by atoms with Crippen LogP contribution in [0.25, 0.3) is 0 Å². The molecule has 0 aromatic carbocycles. The zero-order chi connectivity index (χ0) is 12.5. The van der Waals surface area contributed by atoms with Crippen molar-refractivity contribution >= 4 is 12.2 Å². The van der Waals surface area contributed by atoms with Crippen LogP contribution in [0.5, 0.6) is 0 Å². The van der Waals surface area contributed by atoms with E-state index in [2.05, 4.69) is 17.0 Å². The van der Waals surface area contributed by atoms with Gasteiger partial charge in [-0.15, -0.1) is 0 Å². The first-order valence-corrected chi connectivity index (χ1v) is 5.96. The van der Waals surface area contributed by atoms with E-state index in [1.807, 2.05) is 0 Å². The second-order valence-electron chi connectivity index (χ2n) is 3.89. The van der Waals surface area contributed by atoms with Crippen molar-refractivity contribution in [2.45, 2.75) is 38.7 Å². The van der Waals surface area contributed by atoms with Gasteiger partial charge in [0.25, 0.3) is 0 Å². The lowest BCUT2D eigenvalue weighted by Gasteiger charge is -2.09. The molecule has 0 bridgehead atoms. The van der Waals surface area contributed by atoms with Gasteiger partial charge < -0.3 is 19.5 Å². The van der Waals surface area contributed by atoms with E-state index in [1.54, 1.807) is 0 Å². The number of hydrogen-bond acceptors (Lipinski definition) is 5. The molecule has 1 rings (SSSR count). The molecule has 1 atom stereocenters. The van der Waals surface area contributed by atoms with E-state index in [1.165, 1.54) is 6.42 Å². The minimum atomic E-state index is -0.710. The lowest BCUT2D eigenvalue weighted by molar-refractivity contribution is 0.0727. The first-order valence-electron chi connectivity index (χ1n) is 5.96. The van der Waals surface area contributed by atoms with Crippen molar-refractivity contribution in [2.75, 3.05) is 19.8 Å². The van der Waals surface area contributed by atoms with Gasteiger partial charge in [-0.1, -0.05) is 26.2 Å². The SMILES string of the molecule is CCCCCCNC(=O)OCC1COC(=O)O1. The van der Waals surface area contributed by atoms with Crippen molar-refractivity contribution < 1.29 is 23.8 Å². The smallest absolute Gasteiger partial charge is 0.445 e. The Hall–Kier alpha value is -1.46. The summed E-state index contributed by atoms with van der Waals surface area (Å²) < 4.78 is 14.1. The molecule has 1 aliphatic rings. The Morgan fingerprint density at radius 1 is 1.47 bits per heavy atom. The first kappa shape index (κ1) is 13.6. The van der Waals surface area contributed by atoms with Crippen LogP contribution < -0.4 is 5.32 Å². The van der Waals surface area contributed by atoms with Crippen molar-refractivity contribution in [1.29, 1.82) is 0 Å². The largest absolute Gasteiger partial charge is 0.508 e. The Labute approximate surface area is 101 Å². The maximum Gasteiger partial charge on any atom is 0.508 e. The summed E-state index contributed by atoms with van der Waals surface area (Å²) in [7, 11) is 0. The number of carbonyl (C=O) groups is 2. The standard InChI is InChI=1S/C11H19NO5/c1-2-3-4-5-6-12-10(13)15-7-9-8-16-11(14)17-9/h9H,2-8H2,1H3,(H,12,13). The van der Waals surface area contributed by atoms with Crippen LogP contribution in [0.4, 0.5) is 9.59 Å². The minimum Gasteiger partial charge on any atom is -0.445 e. The number of carbonyl (C=O) groups excluding carboxylic acids is 2. The normalized spacial score (nSPS) is 18.4. The summed E-state index contributed by atoms with van der Waals surface area (Å²) in [6, 6.07) is 0. The fourth-order valence-corrected chi connectivity index (χ4v) is 1.41. The highest BCUT2D eigenvalue weighted by molar-refractivity contribution is 5.67. The number of alkyl carbamates (subject to hydrolysis) is 1. The fraction of sp³-hybridized carbons (Fsp3) is 0.818. The number of hydrogen-bond donors (Lipinski definition) is 1. The van der Waals surface area contributed by atoms with E-state index >= 15 is 0 Å². The third-order valence-electron chi connectivity index (χ3n) is 2.35. The second kappa shape index (κ2) is 7.76. The number of amides is 1. The number of cyclic esters (lactones) is 2. The van der Waals surface area contributed by atoms with E-state index in [-0.39, 0.29) is 13.2 Å². The maximum atomic E-state index is 11.2. The lowest BCUT2D eigenvalue weighted by Crippen LogP contribution is -2.29. The van der Waals surface area contributed by atoms with Gasteiger partial charge in [-0.05, 0) is 6.42 Å². The second-order valence-corrected chi connectivity index (χ2v) is 3.89. The summed E-state index contributed by atoms with van der Waals surface area (Å²) in [6.07, 6.45) is 2.72. The molecule has 0 saturated carbocycles. The van der Waals surface area contributed by atoms with E-state index in [0.717, 1.165) is 19.3 Å². The molecule has 0 radical (unpaired) electrons. The Balaban J connectivity index is 1.96. The molecular formula is C11H19NO5. The molecule has 6 heteroatoms. The van der Waals surface area contributed by atoms with Crippen molar-refractivity contribution in [3.63, 3.8) is 0 Å². The molecule has 1 aliphatic heterocycles. The van der Waals surface area contributed by atoms with Crippen LogP contribution in [0, 0.1) is 0 Å². The number of unbranched alkanes of at least 4 members (excludes halogenated alkanes) is 3. The van der Waals surface area contributed by atoms with Gasteiger partial charge in [-0.3, -0.25) is 0 Å². The number of rotatable bonds is 7. The summed E-state index contributed by atoms with van der Waals surface area (Å²) in [4.78, 5) is 21.8. The van der Waals surface area contributed by atoms with E-state index in [4.69, 9.17) is 9.47 Å². The van der Waals surface area contributed by atoms with Crippen molar-refractivity contribution in [3.8, 4) is 0 Å². The predicted octanol–water partition coefficient (Wildman–Crippen LogP) is 1.83. The lowest BCUT2D eigenvalue weighted by atomic mass is 10.2.